The summed E-state index contributed by atoms with van der Waals surface area (Å²) in [5.41, 5.74) is 0.583. The van der Waals surface area contributed by atoms with Crippen molar-refractivity contribution >= 4 is 0 Å². The van der Waals surface area contributed by atoms with E-state index in [0.29, 0.717) is 5.41 Å². The van der Waals surface area contributed by atoms with Gasteiger partial charge in [0.05, 0.1) is 6.10 Å². The minimum atomic E-state index is -0.240. The van der Waals surface area contributed by atoms with Crippen LogP contribution < -0.4 is 0 Å². The van der Waals surface area contributed by atoms with Gasteiger partial charge in [-0.05, 0) is 33.1 Å². The van der Waals surface area contributed by atoms with Crippen LogP contribution in [0.3, 0.4) is 0 Å². The van der Waals surface area contributed by atoms with Gasteiger partial charge in [0.1, 0.15) is 0 Å². The van der Waals surface area contributed by atoms with Gasteiger partial charge in [-0.1, -0.05) is 13.8 Å². The molecule has 0 spiro atoms. The number of aliphatic hydroxyl groups is 1. The average Bonchev–Trinajstić information content (AvgIpc) is 1.98. The highest BCUT2D eigenvalue weighted by atomic mass is 16.3. The van der Waals surface area contributed by atoms with E-state index in [1.807, 2.05) is 6.92 Å². The molecule has 0 radical (unpaired) electrons. The van der Waals surface area contributed by atoms with Crippen LogP contribution in [-0.2, 0) is 0 Å². The molecule has 78 valence electrons. The molecule has 0 aromatic rings. The van der Waals surface area contributed by atoms with Crippen LogP contribution in [0.5, 0.6) is 0 Å². The van der Waals surface area contributed by atoms with Gasteiger partial charge in [0.2, 0.25) is 0 Å². The predicted molar refractivity (Wildman–Crippen MR) is 55.7 cm³/mol. The van der Waals surface area contributed by atoms with Crippen LogP contribution in [0.1, 0.15) is 41.5 Å². The van der Waals surface area contributed by atoms with E-state index >= 15 is 0 Å². The molecular weight excluding hydrogens is 162 g/mol. The molecule has 0 saturated carbocycles. The SMILES string of the molecule is CC(O)C(C)N1CC(C)(C)C1(C)C. The molecule has 2 nitrogen and oxygen atoms in total. The highest BCUT2D eigenvalue weighted by molar-refractivity contribution is 5.08. The summed E-state index contributed by atoms with van der Waals surface area (Å²) in [6.45, 7) is 14.2. The van der Waals surface area contributed by atoms with Gasteiger partial charge in [0, 0.05) is 18.1 Å². The first-order valence-electron chi connectivity index (χ1n) is 5.15. The average molecular weight is 185 g/mol. The molecule has 2 heteroatoms. The first-order chi connectivity index (χ1) is 5.70. The third-order valence-corrected chi connectivity index (χ3v) is 4.13. The zero-order valence-corrected chi connectivity index (χ0v) is 9.76. The van der Waals surface area contributed by atoms with Gasteiger partial charge in [-0.3, -0.25) is 4.90 Å². The summed E-state index contributed by atoms with van der Waals surface area (Å²) in [6, 6.07) is 0.267. The van der Waals surface area contributed by atoms with Crippen molar-refractivity contribution < 1.29 is 5.11 Å². The van der Waals surface area contributed by atoms with Crippen molar-refractivity contribution in [2.75, 3.05) is 6.54 Å². The van der Waals surface area contributed by atoms with Crippen molar-refractivity contribution in [1.82, 2.24) is 4.90 Å². The fourth-order valence-electron chi connectivity index (χ4n) is 2.03. The molecule has 1 rings (SSSR count). The molecule has 0 aromatic heterocycles. The minimum Gasteiger partial charge on any atom is -0.392 e. The smallest absolute Gasteiger partial charge is 0.0664 e. The van der Waals surface area contributed by atoms with E-state index < -0.39 is 0 Å². The summed E-state index contributed by atoms with van der Waals surface area (Å²) in [5.74, 6) is 0. The zero-order valence-electron chi connectivity index (χ0n) is 9.76. The number of hydrogen-bond acceptors (Lipinski definition) is 2. The third-order valence-electron chi connectivity index (χ3n) is 4.13. The molecule has 1 N–H and O–H groups in total. The van der Waals surface area contributed by atoms with Gasteiger partial charge in [0.25, 0.3) is 0 Å². The van der Waals surface area contributed by atoms with Crippen LogP contribution >= 0.6 is 0 Å². The van der Waals surface area contributed by atoms with E-state index in [1.54, 1.807) is 0 Å². The molecule has 0 aliphatic carbocycles. The minimum absolute atomic E-state index is 0.212. The summed E-state index contributed by atoms with van der Waals surface area (Å²) in [4.78, 5) is 2.39. The summed E-state index contributed by atoms with van der Waals surface area (Å²) in [7, 11) is 0. The third kappa shape index (κ3) is 1.50. The molecule has 1 aliphatic rings. The van der Waals surface area contributed by atoms with E-state index in [9.17, 15) is 5.11 Å². The molecule has 1 aliphatic heterocycles. The fraction of sp³-hybridized carbons (Fsp3) is 1.00. The zero-order chi connectivity index (χ0) is 10.4. The molecule has 0 aromatic carbocycles. The predicted octanol–water partition coefficient (Wildman–Crippen LogP) is 1.88. The molecule has 0 amide bonds. The lowest BCUT2D eigenvalue weighted by molar-refractivity contribution is -0.156. The number of hydrogen-bond donors (Lipinski definition) is 1. The fourth-order valence-corrected chi connectivity index (χ4v) is 2.03. The second-order valence-electron chi connectivity index (χ2n) is 5.55. The largest absolute Gasteiger partial charge is 0.392 e. The highest BCUT2D eigenvalue weighted by Gasteiger charge is 2.54. The van der Waals surface area contributed by atoms with Crippen molar-refractivity contribution in [1.29, 1.82) is 0 Å². The van der Waals surface area contributed by atoms with Crippen LogP contribution in [0.15, 0.2) is 0 Å². The molecule has 0 bridgehead atoms. The molecule has 2 unspecified atom stereocenters. The topological polar surface area (TPSA) is 23.5 Å². The van der Waals surface area contributed by atoms with Gasteiger partial charge in [-0.15, -0.1) is 0 Å². The Bertz CT molecular complexity index is 196. The Morgan fingerprint density at radius 2 is 1.62 bits per heavy atom. The van der Waals surface area contributed by atoms with E-state index in [4.69, 9.17) is 0 Å². The first-order valence-corrected chi connectivity index (χ1v) is 5.15. The van der Waals surface area contributed by atoms with Gasteiger partial charge in [-0.2, -0.15) is 0 Å². The molecule has 1 saturated heterocycles. The second-order valence-corrected chi connectivity index (χ2v) is 5.55. The van der Waals surface area contributed by atoms with E-state index in [1.165, 1.54) is 0 Å². The Kier molecular flexibility index (Phi) is 2.50. The van der Waals surface area contributed by atoms with Gasteiger partial charge in [0.15, 0.2) is 0 Å². The van der Waals surface area contributed by atoms with Gasteiger partial charge in [-0.25, -0.2) is 0 Å². The Labute approximate surface area is 81.9 Å². The van der Waals surface area contributed by atoms with E-state index in [2.05, 4.69) is 39.5 Å². The maximum absolute atomic E-state index is 9.52. The Hall–Kier alpha value is -0.0800. The molecule has 1 heterocycles. The Morgan fingerprint density at radius 3 is 1.85 bits per heavy atom. The van der Waals surface area contributed by atoms with Crippen molar-refractivity contribution in [2.24, 2.45) is 5.41 Å². The van der Waals surface area contributed by atoms with Gasteiger partial charge >= 0.3 is 0 Å². The highest BCUT2D eigenvalue weighted by Crippen LogP contribution is 2.47. The number of nitrogens with zero attached hydrogens (tertiary/aromatic N) is 1. The molecule has 1 fully saturated rings. The quantitative estimate of drug-likeness (QED) is 0.710. The standard InChI is InChI=1S/C11H23NO/c1-8(9(2)13)12-7-10(3,4)11(12,5)6/h8-9,13H,7H2,1-6H3. The van der Waals surface area contributed by atoms with E-state index in [0.717, 1.165) is 6.54 Å². The van der Waals surface area contributed by atoms with Crippen molar-refractivity contribution in [2.45, 2.75) is 59.2 Å². The summed E-state index contributed by atoms with van der Waals surface area (Å²) < 4.78 is 0. The van der Waals surface area contributed by atoms with Crippen LogP contribution in [0, 0.1) is 5.41 Å². The molecule has 13 heavy (non-hydrogen) atoms. The Balaban J connectivity index is 2.69. The molecule has 2 atom stereocenters. The van der Waals surface area contributed by atoms with Crippen LogP contribution in [0.2, 0.25) is 0 Å². The van der Waals surface area contributed by atoms with Gasteiger partial charge < -0.3 is 5.11 Å². The summed E-state index contributed by atoms with van der Waals surface area (Å²) in [6.07, 6.45) is -0.240. The van der Waals surface area contributed by atoms with Crippen molar-refractivity contribution in [3.63, 3.8) is 0 Å². The summed E-state index contributed by atoms with van der Waals surface area (Å²) in [5, 5.41) is 9.52. The lowest BCUT2D eigenvalue weighted by Crippen LogP contribution is -2.72. The number of aliphatic hydroxyl groups excluding tert-OH is 1. The maximum atomic E-state index is 9.52. The normalized spacial score (nSPS) is 30.7. The van der Waals surface area contributed by atoms with Crippen molar-refractivity contribution in [3.8, 4) is 0 Å². The van der Waals surface area contributed by atoms with Crippen LogP contribution in [0.4, 0.5) is 0 Å². The number of rotatable bonds is 2. The Morgan fingerprint density at radius 1 is 1.15 bits per heavy atom. The lowest BCUT2D eigenvalue weighted by Gasteiger charge is -2.64. The maximum Gasteiger partial charge on any atom is 0.0664 e. The summed E-state index contributed by atoms with van der Waals surface area (Å²) >= 11 is 0. The number of likely N-dealkylation sites (tertiary alicyclic amines) is 1. The van der Waals surface area contributed by atoms with Crippen molar-refractivity contribution in [3.05, 3.63) is 0 Å². The van der Waals surface area contributed by atoms with Crippen LogP contribution in [0.25, 0.3) is 0 Å². The van der Waals surface area contributed by atoms with Crippen LogP contribution in [-0.4, -0.2) is 34.2 Å². The monoisotopic (exact) mass is 185 g/mol. The second kappa shape index (κ2) is 2.96. The molecular formula is C11H23NO. The lowest BCUT2D eigenvalue weighted by atomic mass is 9.64. The van der Waals surface area contributed by atoms with E-state index in [-0.39, 0.29) is 17.7 Å². The first kappa shape index (κ1) is 11.0.